The second-order valence-corrected chi connectivity index (χ2v) is 19.9. The van der Waals surface area contributed by atoms with Gasteiger partial charge in [-0.25, -0.2) is 14.7 Å². The van der Waals surface area contributed by atoms with Gasteiger partial charge in [0.05, 0.1) is 58.9 Å². The SMILES string of the molecule is CC(O)CC(C)O.[C-]#[N+]c1cc(CC(C)C)c(-n2c(-c3[c-]cccc3)nc3ccccc32)c(CC(C)C)c1.[C-]#[N+]c1cc(CC(C)C)c(-n2c(-c3ccccc3)nc3ccccc32)c(CC(C)C)c1.[Ir].[Ir]. The van der Waals surface area contributed by atoms with Crippen molar-refractivity contribution in [2.75, 3.05) is 0 Å². The van der Waals surface area contributed by atoms with Gasteiger partial charge in [0.25, 0.3) is 0 Å². The van der Waals surface area contributed by atoms with Gasteiger partial charge in [0.2, 0.25) is 0 Å². The molecule has 2 N–H and O–H groups in total. The molecule has 2 heterocycles. The van der Waals surface area contributed by atoms with Gasteiger partial charge >= 0.3 is 0 Å². The molecular weight excluding hydrogens is 1230 g/mol. The largest absolute Gasteiger partial charge is 0.393 e. The molecule has 0 bridgehead atoms. The van der Waals surface area contributed by atoms with Gasteiger partial charge in [0, 0.05) is 51.5 Å². The molecule has 0 aliphatic rings. The Kier molecular flexibility index (Phi) is 22.3. The fraction of sp³-hybridized carbons (Fsp3) is 0.344. The minimum atomic E-state index is -0.375. The second-order valence-electron chi connectivity index (χ2n) is 19.9. The Hall–Kier alpha value is -5.54. The Morgan fingerprint density at radius 2 is 0.859 bits per heavy atom. The second kappa shape index (κ2) is 27.3. The van der Waals surface area contributed by atoms with Crippen LogP contribution in [-0.4, -0.2) is 41.5 Å². The van der Waals surface area contributed by atoms with E-state index in [-0.39, 0.29) is 52.4 Å². The smallest absolute Gasteiger partial charge is 0.187 e. The fourth-order valence-corrected chi connectivity index (χ4v) is 9.06. The zero-order valence-corrected chi connectivity index (χ0v) is 47.7. The van der Waals surface area contributed by atoms with E-state index in [1.807, 2.05) is 36.4 Å². The number of aliphatic hydroxyl groups is 2. The number of benzene rings is 6. The van der Waals surface area contributed by atoms with Crippen LogP contribution in [0.25, 0.3) is 65.9 Å². The summed E-state index contributed by atoms with van der Waals surface area (Å²) in [6.07, 6.45) is 3.39. The molecule has 0 saturated heterocycles. The van der Waals surface area contributed by atoms with Gasteiger partial charge in [0.1, 0.15) is 5.82 Å². The van der Waals surface area contributed by atoms with Crippen molar-refractivity contribution < 1.29 is 50.4 Å². The maximum Gasteiger partial charge on any atom is 0.187 e. The maximum atomic E-state index is 8.56. The molecule has 0 spiro atoms. The Morgan fingerprint density at radius 1 is 0.493 bits per heavy atom. The molecule has 8 aromatic rings. The molecule has 2 unspecified atom stereocenters. The van der Waals surface area contributed by atoms with Crippen molar-refractivity contribution in [3.63, 3.8) is 0 Å². The molecule has 71 heavy (non-hydrogen) atoms. The van der Waals surface area contributed by atoms with Crippen LogP contribution in [-0.2, 0) is 65.9 Å². The van der Waals surface area contributed by atoms with Crippen LogP contribution in [0, 0.1) is 42.9 Å². The summed E-state index contributed by atoms with van der Waals surface area (Å²) in [5.41, 5.74) is 14.9. The summed E-state index contributed by atoms with van der Waals surface area (Å²) >= 11 is 0. The molecule has 2 radical (unpaired) electrons. The summed E-state index contributed by atoms with van der Waals surface area (Å²) in [5.74, 6) is 3.78. The van der Waals surface area contributed by atoms with Crippen LogP contribution in [0.15, 0.2) is 127 Å². The van der Waals surface area contributed by atoms with Crippen LogP contribution in [0.5, 0.6) is 0 Å². The quantitative estimate of drug-likeness (QED) is 0.106. The molecule has 0 saturated carbocycles. The number of para-hydroxylation sites is 4. The number of hydrogen-bond acceptors (Lipinski definition) is 4. The zero-order chi connectivity index (χ0) is 49.8. The average molecular weight is 1300 g/mol. The van der Waals surface area contributed by atoms with E-state index in [1.165, 1.54) is 33.6 Å². The standard InChI is InChI=1S/C28H29N3.C28H28N3.C5H12O2.2Ir/c2*1-19(2)15-22-17-24(29-5)18-23(16-20(3)4)27(22)31-26-14-10-9-13-25(26)30-28(31)21-11-7-6-8-12-21;1-4(6)3-5(2)7;;/h6-14,17-20H,15-16H2,1-4H3;6-11,13-14,17-20H,15-16H2,1-4H3;4-7H,3H2,1-2H3;;/q;-1;;;. The van der Waals surface area contributed by atoms with Gasteiger partial charge in [-0.2, -0.15) is 0 Å². The third kappa shape index (κ3) is 15.2. The molecular formula is C61H69Ir2N6O2-. The molecule has 0 fully saturated rings. The van der Waals surface area contributed by atoms with Crippen molar-refractivity contribution in [3.8, 4) is 34.2 Å². The minimum Gasteiger partial charge on any atom is -0.393 e. The summed E-state index contributed by atoms with van der Waals surface area (Å²) < 4.78 is 4.62. The monoisotopic (exact) mass is 1300 g/mol. The third-order valence-electron chi connectivity index (χ3n) is 11.5. The van der Waals surface area contributed by atoms with Crippen LogP contribution in [0.2, 0.25) is 0 Å². The number of aromatic nitrogens is 4. The van der Waals surface area contributed by atoms with E-state index in [1.54, 1.807) is 13.8 Å². The van der Waals surface area contributed by atoms with Gasteiger partial charge in [-0.3, -0.25) is 9.55 Å². The van der Waals surface area contributed by atoms with Gasteiger partial charge < -0.3 is 14.8 Å². The van der Waals surface area contributed by atoms with E-state index in [4.69, 9.17) is 33.3 Å². The van der Waals surface area contributed by atoms with Crippen molar-refractivity contribution in [2.45, 2.75) is 114 Å². The van der Waals surface area contributed by atoms with Crippen molar-refractivity contribution in [1.82, 2.24) is 19.1 Å². The van der Waals surface area contributed by atoms with E-state index in [9.17, 15) is 0 Å². The van der Waals surface area contributed by atoms with E-state index in [0.29, 0.717) is 35.8 Å². The zero-order valence-electron chi connectivity index (χ0n) is 42.9. The van der Waals surface area contributed by atoms with Crippen molar-refractivity contribution in [3.05, 3.63) is 179 Å². The molecule has 2 aromatic heterocycles. The third-order valence-corrected chi connectivity index (χ3v) is 11.5. The van der Waals surface area contributed by atoms with Crippen LogP contribution in [0.1, 0.15) is 97.9 Å². The topological polar surface area (TPSA) is 84.8 Å². The van der Waals surface area contributed by atoms with Crippen LogP contribution < -0.4 is 0 Å². The molecule has 374 valence electrons. The Balaban J connectivity index is 0.000000265. The maximum absolute atomic E-state index is 8.56. The summed E-state index contributed by atoms with van der Waals surface area (Å²) in [6.45, 7) is 36.5. The van der Waals surface area contributed by atoms with Gasteiger partial charge in [-0.15, -0.1) is 35.9 Å². The molecule has 6 aromatic carbocycles. The van der Waals surface area contributed by atoms with Crippen LogP contribution in [0.4, 0.5) is 11.4 Å². The number of imidazole rings is 2. The van der Waals surface area contributed by atoms with Gasteiger partial charge in [-0.05, 0) is 116 Å². The first-order valence-corrected chi connectivity index (χ1v) is 24.5. The first-order chi connectivity index (χ1) is 33.1. The molecule has 2 atom stereocenters. The number of rotatable bonds is 14. The first-order valence-electron chi connectivity index (χ1n) is 24.5. The average Bonchev–Trinajstić information content (AvgIpc) is 3.88. The molecule has 0 aliphatic carbocycles. The number of fused-ring (bicyclic) bond motifs is 2. The normalized spacial score (nSPS) is 11.8. The first kappa shape index (κ1) is 58.0. The van der Waals surface area contributed by atoms with E-state index in [2.05, 4.69) is 171 Å². The Labute approximate surface area is 450 Å². The van der Waals surface area contributed by atoms with E-state index < -0.39 is 0 Å². The number of nitrogens with zero attached hydrogens (tertiary/aromatic N) is 6. The number of hydrogen-bond donors (Lipinski definition) is 2. The van der Waals surface area contributed by atoms with E-state index in [0.717, 1.165) is 76.2 Å². The van der Waals surface area contributed by atoms with Gasteiger partial charge in [0.15, 0.2) is 11.4 Å². The number of aliphatic hydroxyl groups excluding tert-OH is 2. The van der Waals surface area contributed by atoms with Crippen LogP contribution in [0.3, 0.4) is 0 Å². The summed E-state index contributed by atoms with van der Waals surface area (Å²) in [6, 6.07) is 46.7. The summed E-state index contributed by atoms with van der Waals surface area (Å²) in [4.78, 5) is 17.6. The van der Waals surface area contributed by atoms with Crippen molar-refractivity contribution >= 4 is 33.4 Å². The van der Waals surface area contributed by atoms with E-state index >= 15 is 0 Å². The van der Waals surface area contributed by atoms with Crippen LogP contribution >= 0.6 is 0 Å². The van der Waals surface area contributed by atoms with Gasteiger partial charge in [-0.1, -0.05) is 134 Å². The minimum absolute atomic E-state index is 0. The fourth-order valence-electron chi connectivity index (χ4n) is 9.06. The Bertz CT molecular complexity index is 2760. The predicted molar refractivity (Wildman–Crippen MR) is 287 cm³/mol. The Morgan fingerprint density at radius 3 is 1.21 bits per heavy atom. The molecule has 10 heteroatoms. The molecule has 8 rings (SSSR count). The predicted octanol–water partition coefficient (Wildman–Crippen LogP) is 15.2. The van der Waals surface area contributed by atoms with Crippen molar-refractivity contribution in [1.29, 1.82) is 0 Å². The molecule has 0 aliphatic heterocycles. The molecule has 0 amide bonds. The van der Waals surface area contributed by atoms with Crippen molar-refractivity contribution in [2.24, 2.45) is 23.7 Å². The molecule has 8 nitrogen and oxygen atoms in total. The summed E-state index contributed by atoms with van der Waals surface area (Å²) in [7, 11) is 0. The summed E-state index contributed by atoms with van der Waals surface area (Å²) in [5, 5.41) is 17.1.